The van der Waals surface area contributed by atoms with E-state index in [1.165, 1.54) is 40.6 Å². The lowest BCUT2D eigenvalue weighted by Gasteiger charge is -2.37. The van der Waals surface area contributed by atoms with Crippen molar-refractivity contribution in [2.75, 3.05) is 19.4 Å². The molecule has 0 radical (unpaired) electrons. The summed E-state index contributed by atoms with van der Waals surface area (Å²) < 4.78 is 29.6. The van der Waals surface area contributed by atoms with Crippen LogP contribution in [-0.4, -0.2) is 89.2 Å². The Morgan fingerprint density at radius 1 is 1.02 bits per heavy atom. The van der Waals surface area contributed by atoms with Crippen molar-refractivity contribution < 1.29 is 37.6 Å². The molecule has 5 rings (SSSR count). The molecular formula is C31H40ClN7O8S2. The van der Waals surface area contributed by atoms with Crippen molar-refractivity contribution in [3.05, 3.63) is 68.8 Å². The summed E-state index contributed by atoms with van der Waals surface area (Å²) in [4.78, 5) is 62.0. The predicted molar refractivity (Wildman–Crippen MR) is 184 cm³/mol. The standard InChI is InChI=1S/C24H30ClN7O4S.C7H8O3S.H2O/c1-12-8-17-18(11-26-12)37-23(30-17)22(35)29-16-9-13(24(36)32(2)3)4-6-15(16)28-20(33)21(34)31-19-7-5-14(25)10-27-19;1-6-2-4-7(5-3-6)11(8,9)10;/h5,7,10,12-13,15-16,26H,4,6,8-9,11H2,1-3H3,(H,28,33)(H,29,35)(H,27,31,34);2-5H,1H3,(H,8,9,10);1H2/t12?,13-,15-,16+;;/m0../s1. The fraction of sp³-hybridized carbons (Fsp3) is 0.419. The first kappa shape index (κ1) is 39.4. The van der Waals surface area contributed by atoms with Gasteiger partial charge in [-0.1, -0.05) is 29.3 Å². The fourth-order valence-electron chi connectivity index (χ4n) is 5.30. The van der Waals surface area contributed by atoms with Crippen LogP contribution in [0.3, 0.4) is 0 Å². The minimum absolute atomic E-state index is 0. The summed E-state index contributed by atoms with van der Waals surface area (Å²) >= 11 is 7.15. The molecule has 15 nitrogen and oxygen atoms in total. The summed E-state index contributed by atoms with van der Waals surface area (Å²) in [6.07, 6.45) is 3.37. The maximum absolute atomic E-state index is 13.2. The van der Waals surface area contributed by atoms with Gasteiger partial charge < -0.3 is 31.6 Å². The van der Waals surface area contributed by atoms with E-state index in [2.05, 4.69) is 38.2 Å². The average Bonchev–Trinajstić information content (AvgIpc) is 3.46. The minimum Gasteiger partial charge on any atom is -0.412 e. The van der Waals surface area contributed by atoms with Gasteiger partial charge in [0.05, 0.1) is 21.7 Å². The van der Waals surface area contributed by atoms with Gasteiger partial charge in [0.2, 0.25) is 5.91 Å². The van der Waals surface area contributed by atoms with E-state index in [0.717, 1.165) is 22.6 Å². The monoisotopic (exact) mass is 737 g/mol. The van der Waals surface area contributed by atoms with E-state index in [0.29, 0.717) is 35.8 Å². The van der Waals surface area contributed by atoms with Gasteiger partial charge in [-0.2, -0.15) is 8.42 Å². The lowest BCUT2D eigenvalue weighted by atomic mass is 9.81. The zero-order valence-corrected chi connectivity index (χ0v) is 29.7. The number of aromatic nitrogens is 2. The van der Waals surface area contributed by atoms with E-state index in [1.807, 2.05) is 6.92 Å². The van der Waals surface area contributed by atoms with Crippen molar-refractivity contribution in [2.45, 2.75) is 69.1 Å². The van der Waals surface area contributed by atoms with Crippen LogP contribution < -0.4 is 21.3 Å². The SMILES string of the molecule is CC1Cc2nc(C(=O)N[C@@H]3C[C@@H](C(=O)N(C)C)CC[C@@H]3NC(=O)C(=O)Nc3ccc(Cl)cn3)sc2CN1.Cc1ccc(S(=O)(=O)O)cc1.O. The molecule has 266 valence electrons. The van der Waals surface area contributed by atoms with Crippen LogP contribution in [0, 0.1) is 12.8 Å². The molecule has 7 N–H and O–H groups in total. The van der Waals surface area contributed by atoms with Crippen LogP contribution in [0.1, 0.15) is 52.1 Å². The minimum atomic E-state index is -4.02. The number of pyridine rings is 1. The molecule has 0 saturated heterocycles. The first-order chi connectivity index (χ1) is 22.6. The zero-order chi connectivity index (χ0) is 35.2. The molecule has 1 aliphatic heterocycles. The number of aryl methyl sites for hydroxylation is 1. The van der Waals surface area contributed by atoms with Gasteiger partial charge in [-0.05, 0) is 57.4 Å². The number of thiazole rings is 1. The van der Waals surface area contributed by atoms with E-state index in [1.54, 1.807) is 32.3 Å². The Bertz CT molecular complexity index is 1750. The van der Waals surface area contributed by atoms with Crippen molar-refractivity contribution in [3.63, 3.8) is 0 Å². The predicted octanol–water partition coefficient (Wildman–Crippen LogP) is 1.75. The fourth-order valence-corrected chi connectivity index (χ4v) is 6.83. The smallest absolute Gasteiger partial charge is 0.314 e. The third-order valence-electron chi connectivity index (χ3n) is 7.85. The van der Waals surface area contributed by atoms with E-state index in [-0.39, 0.29) is 40.0 Å². The van der Waals surface area contributed by atoms with Crippen LogP contribution in [0.2, 0.25) is 5.02 Å². The molecule has 0 spiro atoms. The maximum atomic E-state index is 13.2. The van der Waals surface area contributed by atoms with Crippen molar-refractivity contribution in [2.24, 2.45) is 5.92 Å². The molecule has 1 unspecified atom stereocenters. The molecule has 2 aliphatic rings. The molecule has 18 heteroatoms. The van der Waals surface area contributed by atoms with Gasteiger partial charge in [0.15, 0.2) is 5.01 Å². The Morgan fingerprint density at radius 3 is 2.33 bits per heavy atom. The second kappa shape index (κ2) is 17.1. The Balaban J connectivity index is 0.000000462. The van der Waals surface area contributed by atoms with E-state index in [4.69, 9.17) is 16.2 Å². The number of halogens is 1. The molecular weight excluding hydrogens is 698 g/mol. The summed E-state index contributed by atoms with van der Waals surface area (Å²) in [7, 11) is -0.643. The molecule has 1 saturated carbocycles. The normalized spacial score (nSPS) is 19.9. The Kier molecular flexibility index (Phi) is 13.8. The van der Waals surface area contributed by atoms with Crippen molar-refractivity contribution >= 4 is 62.5 Å². The van der Waals surface area contributed by atoms with Gasteiger partial charge in [-0.25, -0.2) is 9.97 Å². The number of hydrogen-bond donors (Lipinski definition) is 5. The third kappa shape index (κ3) is 11.0. The number of carbonyl (C=O) groups excluding carboxylic acids is 4. The molecule has 1 aliphatic carbocycles. The van der Waals surface area contributed by atoms with Gasteiger partial charge in [0.1, 0.15) is 5.82 Å². The average molecular weight is 738 g/mol. The van der Waals surface area contributed by atoms with Crippen molar-refractivity contribution in [1.29, 1.82) is 0 Å². The van der Waals surface area contributed by atoms with Gasteiger partial charge in [-0.15, -0.1) is 11.3 Å². The first-order valence-corrected chi connectivity index (χ1v) is 17.8. The topological polar surface area (TPSA) is 231 Å². The number of benzene rings is 1. The van der Waals surface area contributed by atoms with Crippen LogP contribution in [-0.2, 0) is 37.5 Å². The summed E-state index contributed by atoms with van der Waals surface area (Å²) in [5.41, 5.74) is 1.88. The van der Waals surface area contributed by atoms with Crippen molar-refractivity contribution in [3.8, 4) is 0 Å². The molecule has 49 heavy (non-hydrogen) atoms. The second-order valence-electron chi connectivity index (χ2n) is 11.9. The molecule has 3 aromatic rings. The summed E-state index contributed by atoms with van der Waals surface area (Å²) in [6, 6.07) is 8.21. The number of nitrogens with one attached hydrogen (secondary N) is 4. The van der Waals surface area contributed by atoms with Crippen LogP contribution in [0.15, 0.2) is 47.5 Å². The van der Waals surface area contributed by atoms with Crippen molar-refractivity contribution in [1.82, 2.24) is 30.8 Å². The molecule has 4 atom stereocenters. The number of amides is 4. The first-order valence-electron chi connectivity index (χ1n) is 15.1. The number of rotatable bonds is 6. The Labute approximate surface area is 293 Å². The third-order valence-corrected chi connectivity index (χ3v) is 10.0. The number of fused-ring (bicyclic) bond motifs is 1. The van der Waals surface area contributed by atoms with Gasteiger partial charge in [-0.3, -0.25) is 23.7 Å². The quantitative estimate of drug-likeness (QED) is 0.182. The number of carbonyl (C=O) groups is 4. The molecule has 1 fully saturated rings. The largest absolute Gasteiger partial charge is 0.412 e. The second-order valence-corrected chi connectivity index (χ2v) is 14.8. The van der Waals surface area contributed by atoms with Crippen LogP contribution in [0.4, 0.5) is 5.82 Å². The molecule has 3 heterocycles. The molecule has 2 aromatic heterocycles. The van der Waals surface area contributed by atoms with Gasteiger partial charge in [0.25, 0.3) is 16.0 Å². The highest BCUT2D eigenvalue weighted by Gasteiger charge is 2.37. The van der Waals surface area contributed by atoms with E-state index < -0.39 is 34.0 Å². The number of anilines is 1. The molecule has 0 bridgehead atoms. The maximum Gasteiger partial charge on any atom is 0.314 e. The highest BCUT2D eigenvalue weighted by atomic mass is 35.5. The number of nitrogens with zero attached hydrogens (tertiary/aromatic N) is 3. The highest BCUT2D eigenvalue weighted by molar-refractivity contribution is 7.85. The molecule has 1 aromatic carbocycles. The summed E-state index contributed by atoms with van der Waals surface area (Å²) in [5, 5.41) is 12.2. The van der Waals surface area contributed by atoms with E-state index >= 15 is 0 Å². The van der Waals surface area contributed by atoms with Gasteiger partial charge in [0, 0.05) is 56.1 Å². The van der Waals surface area contributed by atoms with E-state index in [9.17, 15) is 27.6 Å². The summed E-state index contributed by atoms with van der Waals surface area (Å²) in [5.74, 6) is -2.27. The Hall–Kier alpha value is -4.00. The Morgan fingerprint density at radius 2 is 1.71 bits per heavy atom. The zero-order valence-electron chi connectivity index (χ0n) is 27.3. The molecule has 4 amide bonds. The lowest BCUT2D eigenvalue weighted by Crippen LogP contribution is -2.57. The number of hydrogen-bond acceptors (Lipinski definition) is 10. The van der Waals surface area contributed by atoms with Crippen LogP contribution >= 0.6 is 22.9 Å². The van der Waals surface area contributed by atoms with Crippen LogP contribution in [0.25, 0.3) is 0 Å². The summed E-state index contributed by atoms with van der Waals surface area (Å²) in [6.45, 7) is 4.58. The lowest BCUT2D eigenvalue weighted by molar-refractivity contribution is -0.137. The van der Waals surface area contributed by atoms with Crippen LogP contribution in [0.5, 0.6) is 0 Å². The highest BCUT2D eigenvalue weighted by Crippen LogP contribution is 2.28. The van der Waals surface area contributed by atoms with Gasteiger partial charge >= 0.3 is 11.8 Å².